The lowest BCUT2D eigenvalue weighted by Gasteiger charge is -2.15. The second kappa shape index (κ2) is 8.27. The van der Waals surface area contributed by atoms with Crippen molar-refractivity contribution in [2.45, 2.75) is 20.0 Å². The molecule has 144 valence electrons. The molecule has 1 amide bonds. The van der Waals surface area contributed by atoms with E-state index in [1.54, 1.807) is 62.6 Å². The first-order valence-electron chi connectivity index (χ1n) is 8.60. The van der Waals surface area contributed by atoms with E-state index in [1.807, 2.05) is 0 Å². The summed E-state index contributed by atoms with van der Waals surface area (Å²) in [5.74, 6) is -0.380. The highest BCUT2D eigenvalue weighted by Gasteiger charge is 2.21. The van der Waals surface area contributed by atoms with E-state index in [9.17, 15) is 9.59 Å². The summed E-state index contributed by atoms with van der Waals surface area (Å²) in [5, 5.41) is 3.97. The molecule has 0 aliphatic heterocycles. The SMILES string of the molecule is COc1ccc(NC(=O)C(C)OC(=O)c2cc3cc(Cl)ccc3nc2C)cc1. The van der Waals surface area contributed by atoms with Crippen LogP contribution >= 0.6 is 11.6 Å². The number of carbonyl (C=O) groups is 2. The lowest BCUT2D eigenvalue weighted by molar-refractivity contribution is -0.123. The van der Waals surface area contributed by atoms with Crippen LogP contribution < -0.4 is 10.1 Å². The Morgan fingerprint density at radius 3 is 2.50 bits per heavy atom. The second-order valence-electron chi connectivity index (χ2n) is 6.22. The Balaban J connectivity index is 1.71. The van der Waals surface area contributed by atoms with Gasteiger partial charge in [0.25, 0.3) is 5.91 Å². The molecule has 0 saturated heterocycles. The highest BCUT2D eigenvalue weighted by Crippen LogP contribution is 2.22. The molecule has 0 aliphatic rings. The molecule has 0 aliphatic carbocycles. The summed E-state index contributed by atoms with van der Waals surface area (Å²) in [7, 11) is 1.56. The fourth-order valence-corrected chi connectivity index (χ4v) is 2.83. The maximum Gasteiger partial charge on any atom is 0.340 e. The monoisotopic (exact) mass is 398 g/mol. The summed E-state index contributed by atoms with van der Waals surface area (Å²) in [4.78, 5) is 29.3. The Morgan fingerprint density at radius 1 is 1.11 bits per heavy atom. The van der Waals surface area contributed by atoms with Gasteiger partial charge in [-0.25, -0.2) is 4.79 Å². The molecular formula is C21H19ClN2O4. The van der Waals surface area contributed by atoms with Crippen LogP contribution in [0.1, 0.15) is 23.0 Å². The summed E-state index contributed by atoms with van der Waals surface area (Å²) in [6.07, 6.45) is -0.982. The summed E-state index contributed by atoms with van der Waals surface area (Å²) in [5.41, 5.74) is 2.11. The van der Waals surface area contributed by atoms with Gasteiger partial charge in [-0.3, -0.25) is 9.78 Å². The van der Waals surface area contributed by atoms with Crippen molar-refractivity contribution in [3.8, 4) is 5.75 Å². The Hall–Kier alpha value is -3.12. The maximum atomic E-state index is 12.6. The van der Waals surface area contributed by atoms with Gasteiger partial charge in [-0.15, -0.1) is 0 Å². The van der Waals surface area contributed by atoms with Gasteiger partial charge in [0.2, 0.25) is 0 Å². The van der Waals surface area contributed by atoms with Gasteiger partial charge in [0.1, 0.15) is 5.75 Å². The molecule has 3 rings (SSSR count). The predicted octanol–water partition coefficient (Wildman–Crippen LogP) is 4.39. The quantitative estimate of drug-likeness (QED) is 0.645. The lowest BCUT2D eigenvalue weighted by atomic mass is 10.1. The summed E-state index contributed by atoms with van der Waals surface area (Å²) >= 11 is 6.01. The lowest BCUT2D eigenvalue weighted by Crippen LogP contribution is -2.30. The van der Waals surface area contributed by atoms with Crippen molar-refractivity contribution in [1.82, 2.24) is 4.98 Å². The first-order valence-corrected chi connectivity index (χ1v) is 8.98. The van der Waals surface area contributed by atoms with Crippen LogP contribution in [-0.2, 0) is 9.53 Å². The van der Waals surface area contributed by atoms with Crippen molar-refractivity contribution < 1.29 is 19.1 Å². The number of benzene rings is 2. The topological polar surface area (TPSA) is 77.5 Å². The van der Waals surface area contributed by atoms with Crippen molar-refractivity contribution in [3.63, 3.8) is 0 Å². The average Bonchev–Trinajstić information content (AvgIpc) is 2.68. The Bertz CT molecular complexity index is 1030. The molecule has 2 aromatic carbocycles. The zero-order valence-electron chi connectivity index (χ0n) is 15.7. The number of nitrogens with zero attached hydrogens (tertiary/aromatic N) is 1. The summed E-state index contributed by atoms with van der Waals surface area (Å²) in [6, 6.07) is 13.8. The number of aryl methyl sites for hydroxylation is 1. The maximum absolute atomic E-state index is 12.6. The van der Waals surface area contributed by atoms with Crippen molar-refractivity contribution >= 4 is 40.1 Å². The first kappa shape index (κ1) is 19.6. The van der Waals surface area contributed by atoms with Gasteiger partial charge in [-0.2, -0.15) is 0 Å². The Labute approximate surface area is 167 Å². The minimum atomic E-state index is -0.982. The van der Waals surface area contributed by atoms with Crippen LogP contribution in [0.5, 0.6) is 5.75 Å². The van der Waals surface area contributed by atoms with Gasteiger partial charge in [-0.1, -0.05) is 11.6 Å². The largest absolute Gasteiger partial charge is 0.497 e. The number of anilines is 1. The number of carbonyl (C=O) groups excluding carboxylic acids is 2. The molecule has 3 aromatic rings. The number of amides is 1. The normalized spacial score (nSPS) is 11.7. The van der Waals surface area contributed by atoms with E-state index < -0.39 is 18.0 Å². The average molecular weight is 399 g/mol. The number of methoxy groups -OCH3 is 1. The molecule has 0 saturated carbocycles. The van der Waals surface area contributed by atoms with Crippen molar-refractivity contribution in [2.24, 2.45) is 0 Å². The van der Waals surface area contributed by atoms with Crippen LogP contribution in [0.2, 0.25) is 5.02 Å². The molecule has 0 fully saturated rings. The number of rotatable bonds is 5. The van der Waals surface area contributed by atoms with Crippen LogP contribution in [0, 0.1) is 6.92 Å². The molecule has 28 heavy (non-hydrogen) atoms. The molecule has 0 spiro atoms. The van der Waals surface area contributed by atoms with Crippen LogP contribution in [0.4, 0.5) is 5.69 Å². The first-order chi connectivity index (χ1) is 13.4. The second-order valence-corrected chi connectivity index (χ2v) is 6.66. The molecule has 6 nitrogen and oxygen atoms in total. The smallest absolute Gasteiger partial charge is 0.340 e. The number of hydrogen-bond donors (Lipinski definition) is 1. The predicted molar refractivity (Wildman–Crippen MR) is 108 cm³/mol. The van der Waals surface area contributed by atoms with E-state index in [4.69, 9.17) is 21.1 Å². The molecule has 1 heterocycles. The number of halogens is 1. The number of pyridine rings is 1. The van der Waals surface area contributed by atoms with E-state index in [1.165, 1.54) is 6.92 Å². The molecular weight excluding hydrogens is 380 g/mol. The molecule has 1 aromatic heterocycles. The van der Waals surface area contributed by atoms with E-state index in [2.05, 4.69) is 10.3 Å². The molecule has 1 atom stereocenters. The van der Waals surface area contributed by atoms with E-state index >= 15 is 0 Å². The van der Waals surface area contributed by atoms with E-state index in [0.29, 0.717) is 27.7 Å². The number of ether oxygens (including phenoxy) is 2. The number of esters is 1. The third kappa shape index (κ3) is 4.40. The van der Waals surface area contributed by atoms with Crippen LogP contribution in [0.25, 0.3) is 10.9 Å². The standard InChI is InChI=1S/C21H19ClN2O4/c1-12-18(11-14-10-15(22)4-9-19(14)23-12)21(26)28-13(2)20(25)24-16-5-7-17(27-3)8-6-16/h4-11,13H,1-3H3,(H,24,25). The van der Waals surface area contributed by atoms with Gasteiger partial charge in [0.05, 0.1) is 23.9 Å². The van der Waals surface area contributed by atoms with Gasteiger partial charge in [0, 0.05) is 16.1 Å². The van der Waals surface area contributed by atoms with Crippen molar-refractivity contribution in [3.05, 3.63) is 64.8 Å². The zero-order valence-corrected chi connectivity index (χ0v) is 16.4. The van der Waals surface area contributed by atoms with E-state index in [-0.39, 0.29) is 0 Å². The molecule has 1 N–H and O–H groups in total. The molecule has 1 unspecified atom stereocenters. The van der Waals surface area contributed by atoms with Crippen LogP contribution in [-0.4, -0.2) is 30.1 Å². The fraction of sp³-hybridized carbons (Fsp3) is 0.190. The minimum absolute atomic E-state index is 0.291. The van der Waals surface area contributed by atoms with E-state index in [0.717, 1.165) is 10.9 Å². The number of fused-ring (bicyclic) bond motifs is 1. The van der Waals surface area contributed by atoms with Crippen molar-refractivity contribution in [2.75, 3.05) is 12.4 Å². The highest BCUT2D eigenvalue weighted by molar-refractivity contribution is 6.31. The number of hydrogen-bond acceptors (Lipinski definition) is 5. The molecule has 7 heteroatoms. The van der Waals surface area contributed by atoms with Gasteiger partial charge < -0.3 is 14.8 Å². The van der Waals surface area contributed by atoms with Gasteiger partial charge in [0.15, 0.2) is 6.10 Å². The van der Waals surface area contributed by atoms with Crippen LogP contribution in [0.3, 0.4) is 0 Å². The number of nitrogens with one attached hydrogen (secondary N) is 1. The summed E-state index contributed by atoms with van der Waals surface area (Å²) < 4.78 is 10.4. The van der Waals surface area contributed by atoms with Crippen LogP contribution in [0.15, 0.2) is 48.5 Å². The Morgan fingerprint density at radius 2 is 1.82 bits per heavy atom. The summed E-state index contributed by atoms with van der Waals surface area (Å²) in [6.45, 7) is 3.23. The minimum Gasteiger partial charge on any atom is -0.497 e. The third-order valence-electron chi connectivity index (χ3n) is 4.20. The number of aromatic nitrogens is 1. The third-order valence-corrected chi connectivity index (χ3v) is 4.43. The molecule has 0 bridgehead atoms. The zero-order chi connectivity index (χ0) is 20.3. The Kier molecular flexibility index (Phi) is 5.80. The highest BCUT2D eigenvalue weighted by atomic mass is 35.5. The van der Waals surface area contributed by atoms with Gasteiger partial charge >= 0.3 is 5.97 Å². The fourth-order valence-electron chi connectivity index (χ4n) is 2.65. The van der Waals surface area contributed by atoms with Crippen molar-refractivity contribution in [1.29, 1.82) is 0 Å². The van der Waals surface area contributed by atoms with Gasteiger partial charge in [-0.05, 0) is 62.4 Å². The molecule has 0 radical (unpaired) electrons.